The van der Waals surface area contributed by atoms with Crippen molar-refractivity contribution in [2.24, 2.45) is 5.92 Å². The second-order valence-electron chi connectivity index (χ2n) is 4.85. The lowest BCUT2D eigenvalue weighted by Crippen LogP contribution is -2.34. The molecule has 0 saturated heterocycles. The van der Waals surface area contributed by atoms with Gasteiger partial charge < -0.3 is 4.90 Å². The van der Waals surface area contributed by atoms with Crippen molar-refractivity contribution in [3.05, 3.63) is 39.4 Å². The highest BCUT2D eigenvalue weighted by Crippen LogP contribution is 2.31. The molecular formula is C14H12F2N2O3. The van der Waals surface area contributed by atoms with Gasteiger partial charge >= 0.3 is 5.69 Å². The van der Waals surface area contributed by atoms with Crippen LogP contribution in [0.3, 0.4) is 0 Å². The van der Waals surface area contributed by atoms with Crippen LogP contribution in [0.2, 0.25) is 0 Å². The van der Waals surface area contributed by atoms with E-state index in [1.165, 1.54) is 0 Å². The maximum atomic E-state index is 14.0. The van der Waals surface area contributed by atoms with Crippen LogP contribution in [0.4, 0.5) is 14.5 Å². The molecule has 1 aromatic carbocycles. The standard InChI is InChI=1S/C14H12F2N2O3/c1-2-7-17(8-9-3-4-9)14(19)12-10(15)5-6-11(13(12)16)18(20)21/h1,5-6,9H,3-4,7-8H2. The van der Waals surface area contributed by atoms with Gasteiger partial charge in [0.05, 0.1) is 11.5 Å². The number of carbonyl (C=O) groups excluding carboxylic acids is 1. The molecular weight excluding hydrogens is 282 g/mol. The first kappa shape index (κ1) is 14.9. The van der Waals surface area contributed by atoms with Gasteiger partial charge in [0.15, 0.2) is 0 Å². The topological polar surface area (TPSA) is 63.5 Å². The summed E-state index contributed by atoms with van der Waals surface area (Å²) in [5.41, 5.74) is -1.87. The molecule has 0 atom stereocenters. The quantitative estimate of drug-likeness (QED) is 0.476. The Labute approximate surface area is 119 Å². The third-order valence-electron chi connectivity index (χ3n) is 3.23. The average molecular weight is 294 g/mol. The number of rotatable bonds is 5. The van der Waals surface area contributed by atoms with Crippen molar-refractivity contribution < 1.29 is 18.5 Å². The third kappa shape index (κ3) is 3.16. The smallest absolute Gasteiger partial charge is 0.305 e. The fraction of sp³-hybridized carbons (Fsp3) is 0.357. The van der Waals surface area contributed by atoms with E-state index < -0.39 is 33.7 Å². The molecule has 1 saturated carbocycles. The molecule has 0 N–H and O–H groups in total. The van der Waals surface area contributed by atoms with Crippen molar-refractivity contribution in [1.29, 1.82) is 0 Å². The number of nitrogens with zero attached hydrogens (tertiary/aromatic N) is 2. The van der Waals surface area contributed by atoms with Crippen LogP contribution < -0.4 is 0 Å². The minimum absolute atomic E-state index is 0.100. The van der Waals surface area contributed by atoms with Gasteiger partial charge in [0.1, 0.15) is 11.4 Å². The Hall–Kier alpha value is -2.49. The summed E-state index contributed by atoms with van der Waals surface area (Å²) in [4.78, 5) is 23.1. The summed E-state index contributed by atoms with van der Waals surface area (Å²) in [6.45, 7) is 0.196. The maximum absolute atomic E-state index is 14.0. The summed E-state index contributed by atoms with van der Waals surface area (Å²) in [7, 11) is 0. The molecule has 0 radical (unpaired) electrons. The lowest BCUT2D eigenvalue weighted by molar-refractivity contribution is -0.387. The molecule has 0 aliphatic heterocycles. The van der Waals surface area contributed by atoms with Crippen LogP contribution in [0.1, 0.15) is 23.2 Å². The number of carbonyl (C=O) groups is 1. The van der Waals surface area contributed by atoms with Crippen molar-refractivity contribution >= 4 is 11.6 Å². The maximum Gasteiger partial charge on any atom is 0.305 e. The van der Waals surface area contributed by atoms with E-state index in [1.807, 2.05) is 0 Å². The van der Waals surface area contributed by atoms with Crippen LogP contribution in [-0.2, 0) is 0 Å². The van der Waals surface area contributed by atoms with E-state index in [2.05, 4.69) is 5.92 Å². The summed E-state index contributed by atoms with van der Waals surface area (Å²) in [6.07, 6.45) is 7.01. The molecule has 7 heteroatoms. The molecule has 0 aromatic heterocycles. The molecule has 110 valence electrons. The minimum Gasteiger partial charge on any atom is -0.327 e. The predicted octanol–water partition coefficient (Wildman–Crippen LogP) is 2.36. The molecule has 0 unspecified atom stereocenters. The number of benzene rings is 1. The number of terminal acetylenes is 1. The number of hydrogen-bond acceptors (Lipinski definition) is 3. The minimum atomic E-state index is -1.47. The number of nitro groups is 1. The van der Waals surface area contributed by atoms with Crippen LogP contribution in [0, 0.1) is 40.0 Å². The number of hydrogen-bond donors (Lipinski definition) is 0. The zero-order chi connectivity index (χ0) is 15.6. The van der Waals surface area contributed by atoms with Gasteiger partial charge in [-0.3, -0.25) is 14.9 Å². The highest BCUT2D eigenvalue weighted by Gasteiger charge is 2.32. The molecule has 1 aliphatic rings. The van der Waals surface area contributed by atoms with Crippen molar-refractivity contribution in [2.45, 2.75) is 12.8 Å². The normalized spacial score (nSPS) is 13.6. The largest absolute Gasteiger partial charge is 0.327 e. The molecule has 21 heavy (non-hydrogen) atoms. The first-order chi connectivity index (χ1) is 9.95. The Morgan fingerprint density at radius 2 is 2.14 bits per heavy atom. The van der Waals surface area contributed by atoms with E-state index in [4.69, 9.17) is 6.42 Å². The van der Waals surface area contributed by atoms with Gasteiger partial charge in [-0.25, -0.2) is 4.39 Å². The molecule has 5 nitrogen and oxygen atoms in total. The van der Waals surface area contributed by atoms with E-state index in [-0.39, 0.29) is 12.5 Å². The van der Waals surface area contributed by atoms with Crippen LogP contribution in [0.15, 0.2) is 12.1 Å². The monoisotopic (exact) mass is 294 g/mol. The first-order valence-electron chi connectivity index (χ1n) is 6.30. The van der Waals surface area contributed by atoms with E-state index in [1.54, 1.807) is 0 Å². The van der Waals surface area contributed by atoms with Gasteiger partial charge in [0, 0.05) is 12.6 Å². The zero-order valence-electron chi connectivity index (χ0n) is 11.0. The van der Waals surface area contributed by atoms with Crippen LogP contribution in [-0.4, -0.2) is 28.8 Å². The molecule has 2 rings (SSSR count). The summed E-state index contributed by atoms with van der Waals surface area (Å²) < 4.78 is 27.7. The van der Waals surface area contributed by atoms with E-state index in [0.717, 1.165) is 17.7 Å². The van der Waals surface area contributed by atoms with Gasteiger partial charge in [-0.2, -0.15) is 4.39 Å². The summed E-state index contributed by atoms with van der Waals surface area (Å²) in [6, 6.07) is 1.40. The van der Waals surface area contributed by atoms with Crippen molar-refractivity contribution in [3.8, 4) is 12.3 Å². The van der Waals surface area contributed by atoms with Crippen LogP contribution in [0.5, 0.6) is 0 Å². The summed E-state index contributed by atoms with van der Waals surface area (Å²) in [5, 5.41) is 10.7. The molecule has 0 bridgehead atoms. The Kier molecular flexibility index (Phi) is 4.17. The van der Waals surface area contributed by atoms with Gasteiger partial charge in [-0.15, -0.1) is 6.42 Å². The lowest BCUT2D eigenvalue weighted by Gasteiger charge is -2.20. The Morgan fingerprint density at radius 3 is 2.67 bits per heavy atom. The highest BCUT2D eigenvalue weighted by molar-refractivity contribution is 5.95. The van der Waals surface area contributed by atoms with Gasteiger partial charge in [0.25, 0.3) is 5.91 Å². The van der Waals surface area contributed by atoms with E-state index in [9.17, 15) is 23.7 Å². The highest BCUT2D eigenvalue weighted by atomic mass is 19.1. The Bertz CT molecular complexity index is 636. The van der Waals surface area contributed by atoms with E-state index in [0.29, 0.717) is 18.7 Å². The van der Waals surface area contributed by atoms with Gasteiger partial charge in [-0.1, -0.05) is 5.92 Å². The number of amides is 1. The second-order valence-corrected chi connectivity index (χ2v) is 4.85. The zero-order valence-corrected chi connectivity index (χ0v) is 11.0. The lowest BCUT2D eigenvalue weighted by atomic mass is 10.1. The van der Waals surface area contributed by atoms with Gasteiger partial charge in [0.2, 0.25) is 5.82 Å². The molecule has 0 heterocycles. The van der Waals surface area contributed by atoms with Crippen molar-refractivity contribution in [3.63, 3.8) is 0 Å². The fourth-order valence-electron chi connectivity index (χ4n) is 1.98. The van der Waals surface area contributed by atoms with Crippen LogP contribution >= 0.6 is 0 Å². The average Bonchev–Trinajstić information content (AvgIpc) is 3.21. The molecule has 1 amide bonds. The number of nitro benzene ring substituents is 1. The van der Waals surface area contributed by atoms with Gasteiger partial charge in [-0.05, 0) is 24.8 Å². The molecule has 1 aliphatic carbocycles. The van der Waals surface area contributed by atoms with Crippen molar-refractivity contribution in [1.82, 2.24) is 4.90 Å². The fourth-order valence-corrected chi connectivity index (χ4v) is 1.98. The first-order valence-corrected chi connectivity index (χ1v) is 6.30. The number of halogens is 2. The summed E-state index contributed by atoms with van der Waals surface area (Å²) >= 11 is 0. The Balaban J connectivity index is 2.38. The van der Waals surface area contributed by atoms with E-state index >= 15 is 0 Å². The third-order valence-corrected chi connectivity index (χ3v) is 3.23. The molecule has 0 spiro atoms. The SMILES string of the molecule is C#CCN(CC1CC1)C(=O)c1c(F)ccc([N+](=O)[O-])c1F. The summed E-state index contributed by atoms with van der Waals surface area (Å²) in [5.74, 6) is -1.04. The Morgan fingerprint density at radius 1 is 1.48 bits per heavy atom. The van der Waals surface area contributed by atoms with Crippen molar-refractivity contribution in [2.75, 3.05) is 13.1 Å². The molecule has 1 fully saturated rings. The predicted molar refractivity (Wildman–Crippen MR) is 70.5 cm³/mol. The second kappa shape index (κ2) is 5.87. The molecule has 1 aromatic rings. The van der Waals surface area contributed by atoms with Crippen LogP contribution in [0.25, 0.3) is 0 Å².